The first-order valence-electron chi connectivity index (χ1n) is 15.8. The second-order valence-electron chi connectivity index (χ2n) is 12.6. The van der Waals surface area contributed by atoms with Crippen molar-refractivity contribution in [1.82, 2.24) is 0 Å². The molecule has 0 aromatic carbocycles. The Morgan fingerprint density at radius 2 is 0.653 bits per heavy atom. The van der Waals surface area contributed by atoms with Crippen LogP contribution >= 0.6 is 0 Å². The lowest BCUT2D eigenvalue weighted by atomic mass is 10.6. The Labute approximate surface area is 296 Å². The van der Waals surface area contributed by atoms with E-state index in [1.54, 1.807) is 0 Å². The summed E-state index contributed by atoms with van der Waals surface area (Å²) in [5.74, 6) is -2.22. The summed E-state index contributed by atoms with van der Waals surface area (Å²) in [6.07, 6.45) is 4.31. The number of hydrogen-bond donors (Lipinski definition) is 0. The van der Waals surface area contributed by atoms with Crippen molar-refractivity contribution in [2.24, 2.45) is 0 Å². The van der Waals surface area contributed by atoms with Gasteiger partial charge in [0.05, 0.1) is 26.4 Å². The molecular weight excluding hydrogens is 725 g/mol. The minimum absolute atomic E-state index is 0.0222. The molecule has 49 heavy (non-hydrogen) atoms. The molecule has 0 spiro atoms. The molecule has 0 aliphatic heterocycles. The molecule has 19 heteroatoms. The number of ether oxygens (including phenoxy) is 4. The predicted molar refractivity (Wildman–Crippen MR) is 196 cm³/mol. The molecule has 0 amide bonds. The second-order valence-corrected chi connectivity index (χ2v) is 32.6. The van der Waals surface area contributed by atoms with E-state index in [1.165, 1.54) is 0 Å². The first-order chi connectivity index (χ1) is 22.6. The minimum atomic E-state index is -2.94. The van der Waals surface area contributed by atoms with Crippen LogP contribution in [0, 0.1) is 0 Å². The maximum atomic E-state index is 11.5. The molecule has 0 rings (SSSR count). The van der Waals surface area contributed by atoms with Crippen molar-refractivity contribution in [3.05, 3.63) is 50.6 Å². The van der Waals surface area contributed by atoms with Crippen LogP contribution in [0.4, 0.5) is 0 Å². The highest BCUT2D eigenvalue weighted by atomic mass is 28.5. The third kappa shape index (κ3) is 22.9. The maximum Gasteiger partial charge on any atom is 0.334 e. The van der Waals surface area contributed by atoms with E-state index in [4.69, 9.17) is 44.9 Å². The fourth-order valence-corrected chi connectivity index (χ4v) is 34.4. The van der Waals surface area contributed by atoms with Gasteiger partial charge in [-0.05, 0) is 52.4 Å². The lowest BCUT2D eigenvalue weighted by Gasteiger charge is -2.42. The van der Waals surface area contributed by atoms with Crippen molar-refractivity contribution >= 4 is 66.2 Å². The molecule has 14 nitrogen and oxygen atoms in total. The van der Waals surface area contributed by atoms with E-state index in [-0.39, 0.29) is 52.9 Å². The zero-order chi connectivity index (χ0) is 37.8. The zero-order valence-electron chi connectivity index (χ0n) is 30.4. The average Bonchev–Trinajstić information content (AvgIpc) is 2.99. The third-order valence-electron chi connectivity index (χ3n) is 6.14. The Morgan fingerprint density at radius 3 is 0.857 bits per heavy atom. The Bertz CT molecular complexity index is 988. The van der Waals surface area contributed by atoms with Crippen LogP contribution in [-0.2, 0) is 64.1 Å². The van der Waals surface area contributed by atoms with Crippen LogP contribution in [0.5, 0.6) is 0 Å². The van der Waals surface area contributed by atoms with Gasteiger partial charge < -0.3 is 44.9 Å². The van der Waals surface area contributed by atoms with Crippen LogP contribution in [0.15, 0.2) is 50.6 Å². The Balaban J connectivity index is 5.70. The monoisotopic (exact) mass is 780 g/mol. The third-order valence-corrected chi connectivity index (χ3v) is 29.7. The Kier molecular flexibility index (Phi) is 21.4. The molecule has 0 unspecified atom stereocenters. The van der Waals surface area contributed by atoms with E-state index in [0.717, 1.165) is 24.3 Å². The molecule has 0 heterocycles. The highest BCUT2D eigenvalue weighted by Gasteiger charge is 2.48. The molecular formula is C30H56O14Si5. The smallest absolute Gasteiger partial charge is 0.334 e. The van der Waals surface area contributed by atoms with Gasteiger partial charge in [-0.3, -0.25) is 0 Å². The second kappa shape index (κ2) is 22.5. The fourth-order valence-electron chi connectivity index (χ4n) is 5.09. The van der Waals surface area contributed by atoms with Crippen LogP contribution in [0.2, 0.25) is 63.7 Å². The minimum Gasteiger partial charge on any atom is -0.460 e. The van der Waals surface area contributed by atoms with E-state index in [0.29, 0.717) is 11.3 Å². The summed E-state index contributed by atoms with van der Waals surface area (Å²) in [4.78, 5) is 45.9. The molecule has 0 N–H and O–H groups in total. The molecule has 0 fully saturated rings. The molecule has 0 aromatic heterocycles. The summed E-state index contributed by atoms with van der Waals surface area (Å²) in [6, 6.07) is 0. The van der Waals surface area contributed by atoms with Gasteiger partial charge >= 0.3 is 49.6 Å². The summed E-state index contributed by atoms with van der Waals surface area (Å²) in [5.41, 5.74) is 1.02. The maximum absolute atomic E-state index is 11.5. The molecule has 0 aliphatic carbocycles. The summed E-state index contributed by atoms with van der Waals surface area (Å²) in [6.45, 7) is 30.1. The lowest BCUT2D eigenvalue weighted by molar-refractivity contribution is -0.140. The van der Waals surface area contributed by atoms with E-state index >= 15 is 0 Å². The molecule has 0 bridgehead atoms. The van der Waals surface area contributed by atoms with Crippen molar-refractivity contribution in [3.63, 3.8) is 0 Å². The molecule has 280 valence electrons. The van der Waals surface area contributed by atoms with E-state index < -0.39 is 66.2 Å². The SMILES string of the molecule is C=CC(=O)OCCO[Si](C)(C[Si](C)(C)O[Si](C)(C)O[Si](C)(C)C[Si](C)(OCCOC(=O)C=C)OCCOC(=O)C=C)OCCOC(=O)C=C. The summed E-state index contributed by atoms with van der Waals surface area (Å²) in [7, 11) is -13.7. The topological polar surface area (TPSA) is 161 Å². The van der Waals surface area contributed by atoms with Gasteiger partial charge in [0.25, 0.3) is 0 Å². The molecule has 0 radical (unpaired) electrons. The van der Waals surface area contributed by atoms with Gasteiger partial charge in [0.2, 0.25) is 0 Å². The predicted octanol–water partition coefficient (Wildman–Crippen LogP) is 4.34. The fraction of sp³-hybridized carbons (Fsp3) is 0.600. The van der Waals surface area contributed by atoms with Gasteiger partial charge in [0.1, 0.15) is 26.4 Å². The van der Waals surface area contributed by atoms with Gasteiger partial charge in [-0.2, -0.15) is 0 Å². The summed E-state index contributed by atoms with van der Waals surface area (Å²) >= 11 is 0. The first-order valence-corrected chi connectivity index (χ1v) is 29.9. The number of carbonyl (C=O) groups is 4. The number of esters is 4. The largest absolute Gasteiger partial charge is 0.460 e. The van der Waals surface area contributed by atoms with Gasteiger partial charge in [0.15, 0.2) is 16.6 Å². The molecule has 0 saturated carbocycles. The van der Waals surface area contributed by atoms with Crippen molar-refractivity contribution in [3.8, 4) is 0 Å². The first kappa shape index (κ1) is 46.7. The van der Waals surface area contributed by atoms with E-state index in [9.17, 15) is 19.2 Å². The van der Waals surface area contributed by atoms with Crippen molar-refractivity contribution in [2.45, 2.75) is 63.7 Å². The molecule has 0 atom stereocenters. The quantitative estimate of drug-likeness (QED) is 0.0363. The molecule has 0 aromatic rings. The van der Waals surface area contributed by atoms with Crippen molar-refractivity contribution in [2.75, 3.05) is 52.9 Å². The normalized spacial score (nSPS) is 12.4. The lowest BCUT2D eigenvalue weighted by Crippen LogP contribution is -2.58. The highest BCUT2D eigenvalue weighted by molar-refractivity contribution is 6.95. The highest BCUT2D eigenvalue weighted by Crippen LogP contribution is 2.31. The Morgan fingerprint density at radius 1 is 0.429 bits per heavy atom. The van der Waals surface area contributed by atoms with Crippen molar-refractivity contribution < 1.29 is 64.1 Å². The zero-order valence-corrected chi connectivity index (χ0v) is 35.4. The number of hydrogen-bond acceptors (Lipinski definition) is 14. The molecule has 0 aliphatic rings. The number of carbonyl (C=O) groups excluding carboxylic acids is 4. The van der Waals surface area contributed by atoms with Crippen molar-refractivity contribution in [1.29, 1.82) is 0 Å². The van der Waals surface area contributed by atoms with Crippen LogP contribution in [0.25, 0.3) is 0 Å². The molecule has 0 saturated heterocycles. The van der Waals surface area contributed by atoms with Crippen LogP contribution in [0.3, 0.4) is 0 Å². The van der Waals surface area contributed by atoms with E-state index in [2.05, 4.69) is 52.5 Å². The summed E-state index contributed by atoms with van der Waals surface area (Å²) in [5, 5.41) is 0. The van der Waals surface area contributed by atoms with E-state index in [1.807, 2.05) is 26.2 Å². The standard InChI is InChI=1S/C30H56O14Si5/c1-13-27(31)35-17-21-39-48(11,40-22-18-36-28(32)14-2)25-45(5,6)43-47(9,10)44-46(7,8)26-49(12,41-23-19-37-29(33)15-3)42-24-20-38-30(34)16-4/h13-16H,1-4,17-26H2,5-12H3. The van der Waals surface area contributed by atoms with Gasteiger partial charge in [-0.1, -0.05) is 26.3 Å². The summed E-state index contributed by atoms with van der Waals surface area (Å²) < 4.78 is 58.7. The van der Waals surface area contributed by atoms with Crippen LogP contribution in [0.1, 0.15) is 0 Å². The van der Waals surface area contributed by atoms with Gasteiger partial charge in [0, 0.05) is 35.6 Å². The van der Waals surface area contributed by atoms with Gasteiger partial charge in [-0.25, -0.2) is 19.2 Å². The number of rotatable bonds is 28. The average molecular weight is 781 g/mol. The van der Waals surface area contributed by atoms with Gasteiger partial charge in [-0.15, -0.1) is 0 Å². The van der Waals surface area contributed by atoms with Crippen LogP contribution in [-0.4, -0.2) is 119 Å². The Hall–Kier alpha value is -2.32. The van der Waals surface area contributed by atoms with Crippen LogP contribution < -0.4 is 0 Å².